The molecule has 0 amide bonds. The van der Waals surface area contributed by atoms with Gasteiger partial charge < -0.3 is 9.88 Å². The van der Waals surface area contributed by atoms with E-state index < -0.39 is 12.7 Å². The summed E-state index contributed by atoms with van der Waals surface area (Å²) >= 11 is 0. The molecule has 0 spiro atoms. The first-order valence-corrected chi connectivity index (χ1v) is 5.59. The molecule has 0 unspecified atom stereocenters. The Morgan fingerprint density at radius 1 is 1.39 bits per heavy atom. The lowest BCUT2D eigenvalue weighted by molar-refractivity contribution is -0.125. The minimum atomic E-state index is -4.21. The number of hydrogen-bond donors (Lipinski definition) is 1. The van der Waals surface area contributed by atoms with Crippen LogP contribution in [0.15, 0.2) is 18.3 Å². The summed E-state index contributed by atoms with van der Waals surface area (Å²) in [6.07, 6.45) is -2.57. The zero-order chi connectivity index (χ0) is 13.2. The molecule has 0 saturated heterocycles. The number of aromatic nitrogens is 3. The van der Waals surface area contributed by atoms with Crippen molar-refractivity contribution in [2.75, 3.05) is 6.54 Å². The topological polar surface area (TPSA) is 42.7 Å². The van der Waals surface area contributed by atoms with Crippen molar-refractivity contribution in [2.24, 2.45) is 0 Å². The summed E-state index contributed by atoms with van der Waals surface area (Å²) in [7, 11) is 0. The number of alkyl halides is 3. The Labute approximate surface area is 102 Å². The molecular formula is C11H13F3N4. The van der Waals surface area contributed by atoms with Gasteiger partial charge in [-0.15, -0.1) is 0 Å². The van der Waals surface area contributed by atoms with Crippen molar-refractivity contribution in [3.05, 3.63) is 24.2 Å². The van der Waals surface area contributed by atoms with E-state index in [0.717, 1.165) is 0 Å². The fraction of sp³-hybridized carbons (Fsp3) is 0.455. The molecule has 18 heavy (non-hydrogen) atoms. The molecule has 0 aliphatic heterocycles. The zero-order valence-corrected chi connectivity index (χ0v) is 9.83. The quantitative estimate of drug-likeness (QED) is 0.913. The van der Waals surface area contributed by atoms with E-state index in [-0.39, 0.29) is 6.54 Å². The standard InChI is InChI=1S/C11H13F3N4/c1-2-18-9(6-15-7-11(12,13)14)17-8-4-3-5-16-10(8)18/h3-5,15H,2,6-7H2,1H3. The first-order valence-electron chi connectivity index (χ1n) is 5.59. The Bertz CT molecular complexity index is 533. The number of nitrogens with one attached hydrogen (secondary N) is 1. The van der Waals surface area contributed by atoms with Crippen LogP contribution in [0.25, 0.3) is 11.2 Å². The maximum Gasteiger partial charge on any atom is 0.401 e. The van der Waals surface area contributed by atoms with Crippen LogP contribution in [0.2, 0.25) is 0 Å². The molecule has 0 radical (unpaired) electrons. The van der Waals surface area contributed by atoms with Gasteiger partial charge in [-0.3, -0.25) is 0 Å². The molecule has 0 bridgehead atoms. The minimum absolute atomic E-state index is 0.0731. The molecule has 2 heterocycles. The summed E-state index contributed by atoms with van der Waals surface area (Å²) in [5, 5.41) is 2.34. The van der Waals surface area contributed by atoms with Crippen LogP contribution in [-0.2, 0) is 13.1 Å². The van der Waals surface area contributed by atoms with E-state index in [1.54, 1.807) is 22.9 Å². The smallest absolute Gasteiger partial charge is 0.312 e. The Balaban J connectivity index is 2.17. The molecule has 4 nitrogen and oxygen atoms in total. The van der Waals surface area contributed by atoms with Crippen LogP contribution in [0.5, 0.6) is 0 Å². The second-order valence-corrected chi connectivity index (χ2v) is 3.84. The van der Waals surface area contributed by atoms with Gasteiger partial charge in [0.15, 0.2) is 5.65 Å². The lowest BCUT2D eigenvalue weighted by Crippen LogP contribution is -2.29. The van der Waals surface area contributed by atoms with Crippen LogP contribution in [0, 0.1) is 0 Å². The van der Waals surface area contributed by atoms with Crippen molar-refractivity contribution in [3.8, 4) is 0 Å². The van der Waals surface area contributed by atoms with Gasteiger partial charge in [-0.25, -0.2) is 9.97 Å². The van der Waals surface area contributed by atoms with E-state index in [1.165, 1.54) is 0 Å². The normalized spacial score (nSPS) is 12.2. The lowest BCUT2D eigenvalue weighted by Gasteiger charge is -2.09. The van der Waals surface area contributed by atoms with Crippen LogP contribution < -0.4 is 5.32 Å². The Morgan fingerprint density at radius 3 is 2.83 bits per heavy atom. The average molecular weight is 258 g/mol. The largest absolute Gasteiger partial charge is 0.401 e. The SMILES string of the molecule is CCn1c(CNCC(F)(F)F)nc2cccnc21. The average Bonchev–Trinajstić information content (AvgIpc) is 2.64. The maximum atomic E-state index is 12.0. The molecule has 0 atom stereocenters. The molecule has 0 fully saturated rings. The van der Waals surface area contributed by atoms with E-state index in [9.17, 15) is 13.2 Å². The number of halogens is 3. The van der Waals surface area contributed by atoms with Crippen LogP contribution in [0.4, 0.5) is 13.2 Å². The molecule has 1 N–H and O–H groups in total. The van der Waals surface area contributed by atoms with Crippen LogP contribution in [0.1, 0.15) is 12.7 Å². The Kier molecular flexibility index (Phi) is 3.51. The van der Waals surface area contributed by atoms with Gasteiger partial charge in [0.25, 0.3) is 0 Å². The summed E-state index contributed by atoms with van der Waals surface area (Å²) in [6, 6.07) is 3.55. The molecule has 7 heteroatoms. The summed E-state index contributed by atoms with van der Waals surface area (Å²) < 4.78 is 37.9. The van der Waals surface area contributed by atoms with Crippen molar-refractivity contribution in [1.29, 1.82) is 0 Å². The van der Waals surface area contributed by atoms with Crippen molar-refractivity contribution < 1.29 is 13.2 Å². The summed E-state index contributed by atoms with van der Waals surface area (Å²) in [4.78, 5) is 8.45. The van der Waals surface area contributed by atoms with Gasteiger partial charge in [-0.2, -0.15) is 13.2 Å². The second kappa shape index (κ2) is 4.93. The Hall–Kier alpha value is -1.63. The van der Waals surface area contributed by atoms with Crippen molar-refractivity contribution >= 4 is 11.2 Å². The van der Waals surface area contributed by atoms with Gasteiger partial charge in [0, 0.05) is 12.7 Å². The number of hydrogen-bond acceptors (Lipinski definition) is 3. The molecule has 2 rings (SSSR count). The first-order chi connectivity index (χ1) is 8.51. The van der Waals surface area contributed by atoms with E-state index in [4.69, 9.17) is 0 Å². The Morgan fingerprint density at radius 2 is 2.17 bits per heavy atom. The zero-order valence-electron chi connectivity index (χ0n) is 9.83. The highest BCUT2D eigenvalue weighted by Gasteiger charge is 2.26. The van der Waals surface area contributed by atoms with Crippen molar-refractivity contribution in [3.63, 3.8) is 0 Å². The highest BCUT2D eigenvalue weighted by atomic mass is 19.4. The fourth-order valence-corrected chi connectivity index (χ4v) is 1.79. The molecular weight excluding hydrogens is 245 g/mol. The molecule has 2 aromatic rings. The van der Waals surface area contributed by atoms with Gasteiger partial charge in [-0.1, -0.05) is 0 Å². The predicted molar refractivity (Wildman–Crippen MR) is 61.0 cm³/mol. The monoisotopic (exact) mass is 258 g/mol. The third-order valence-electron chi connectivity index (χ3n) is 2.51. The van der Waals surface area contributed by atoms with Crippen LogP contribution in [-0.4, -0.2) is 27.3 Å². The number of aryl methyl sites for hydroxylation is 1. The highest BCUT2D eigenvalue weighted by molar-refractivity contribution is 5.71. The van der Waals surface area contributed by atoms with Gasteiger partial charge in [0.2, 0.25) is 0 Å². The maximum absolute atomic E-state index is 12.0. The van der Waals surface area contributed by atoms with E-state index >= 15 is 0 Å². The molecule has 98 valence electrons. The van der Waals surface area contributed by atoms with Crippen LogP contribution >= 0.6 is 0 Å². The summed E-state index contributed by atoms with van der Waals surface area (Å²) in [5.74, 6) is 0.565. The number of fused-ring (bicyclic) bond motifs is 1. The highest BCUT2D eigenvalue weighted by Crippen LogP contribution is 2.15. The fourth-order valence-electron chi connectivity index (χ4n) is 1.79. The van der Waals surface area contributed by atoms with E-state index in [1.807, 2.05) is 6.92 Å². The third-order valence-corrected chi connectivity index (χ3v) is 2.51. The predicted octanol–water partition coefficient (Wildman–Crippen LogP) is 2.10. The third kappa shape index (κ3) is 2.79. The van der Waals surface area contributed by atoms with Gasteiger partial charge >= 0.3 is 6.18 Å². The minimum Gasteiger partial charge on any atom is -0.312 e. The first kappa shape index (κ1) is 12.8. The summed E-state index contributed by atoms with van der Waals surface area (Å²) in [6.45, 7) is 1.58. The van der Waals surface area contributed by atoms with Crippen LogP contribution in [0.3, 0.4) is 0 Å². The molecule has 0 saturated carbocycles. The number of rotatable bonds is 4. The molecule has 0 aliphatic carbocycles. The lowest BCUT2D eigenvalue weighted by atomic mass is 10.4. The van der Waals surface area contributed by atoms with Gasteiger partial charge in [0.05, 0.1) is 13.1 Å². The second-order valence-electron chi connectivity index (χ2n) is 3.84. The van der Waals surface area contributed by atoms with E-state index in [0.29, 0.717) is 23.5 Å². The molecule has 0 aromatic carbocycles. The van der Waals surface area contributed by atoms with Gasteiger partial charge in [-0.05, 0) is 19.1 Å². The van der Waals surface area contributed by atoms with Crippen molar-refractivity contribution in [1.82, 2.24) is 19.9 Å². The number of imidazole rings is 1. The number of pyridine rings is 1. The van der Waals surface area contributed by atoms with Crippen molar-refractivity contribution in [2.45, 2.75) is 26.2 Å². The van der Waals surface area contributed by atoms with Gasteiger partial charge in [0.1, 0.15) is 11.3 Å². The molecule has 2 aromatic heterocycles. The number of nitrogens with zero attached hydrogens (tertiary/aromatic N) is 3. The molecule has 0 aliphatic rings. The summed E-state index contributed by atoms with van der Waals surface area (Å²) in [5.41, 5.74) is 1.40. The van der Waals surface area contributed by atoms with E-state index in [2.05, 4.69) is 15.3 Å².